The zero-order valence-electron chi connectivity index (χ0n) is 33.2. The summed E-state index contributed by atoms with van der Waals surface area (Å²) in [5, 5.41) is 4.87. The molecular weight excluding hydrogens is 855 g/mol. The molecule has 0 saturated carbocycles. The molecule has 6 aromatic carbocycles. The Balaban J connectivity index is 0.000000246. The van der Waals surface area contributed by atoms with E-state index in [4.69, 9.17) is 9.10 Å². The Morgan fingerprint density at radius 2 is 1.41 bits per heavy atom. The van der Waals surface area contributed by atoms with Crippen LogP contribution >= 0.6 is 11.3 Å². The van der Waals surface area contributed by atoms with Gasteiger partial charge in [0.25, 0.3) is 0 Å². The Morgan fingerprint density at radius 1 is 0.722 bits per heavy atom. The number of aromatic nitrogens is 3. The standard InChI is InChI=1S/C37H29N2S.C12H10N.Ir/c1-24(2)28-18-19-35-31(22-28)32(23-40-35)37-38-33-16-10-11-17-34(33)39(37)36-29(26-12-6-4-7-13-26)20-25(3)21-30(36)27-14-8-5-9-15-27;1-10-7-8-12(13-9-10)11-5-3-2-4-6-11;/h4-22,24H,1-3H3;2-5,7-9H,1H3;/q2*-1;/i;1D3;. The molecule has 0 atom stereocenters. The molecule has 0 spiro atoms. The van der Waals surface area contributed by atoms with Crippen molar-refractivity contribution in [1.82, 2.24) is 14.5 Å². The normalized spacial score (nSPS) is 12.0. The summed E-state index contributed by atoms with van der Waals surface area (Å²) in [4.78, 5) is 9.41. The molecule has 0 amide bonds. The number of hydrogen-bond donors (Lipinski definition) is 0. The first-order chi connectivity index (χ1) is 27.2. The third-order valence-electron chi connectivity index (χ3n) is 9.38. The number of nitrogens with zero attached hydrogens (tertiary/aromatic N) is 3. The van der Waals surface area contributed by atoms with Crippen LogP contribution in [0.5, 0.6) is 0 Å². The third kappa shape index (κ3) is 7.49. The van der Waals surface area contributed by atoms with E-state index in [1.165, 1.54) is 49.7 Å². The predicted octanol–water partition coefficient (Wildman–Crippen LogP) is 13.3. The molecule has 0 unspecified atom stereocenters. The smallest absolute Gasteiger partial charge is 0.0774 e. The fourth-order valence-electron chi connectivity index (χ4n) is 6.74. The van der Waals surface area contributed by atoms with Crippen LogP contribution in [0.4, 0.5) is 0 Å². The van der Waals surface area contributed by atoms with Crippen LogP contribution in [0.25, 0.3) is 71.7 Å². The van der Waals surface area contributed by atoms with Crippen molar-refractivity contribution >= 4 is 32.5 Å². The van der Waals surface area contributed by atoms with Crippen LogP contribution < -0.4 is 0 Å². The summed E-state index contributed by atoms with van der Waals surface area (Å²) in [5.74, 6) is 1.37. The Labute approximate surface area is 339 Å². The van der Waals surface area contributed by atoms with E-state index >= 15 is 0 Å². The van der Waals surface area contributed by atoms with Gasteiger partial charge in [-0.25, -0.2) is 0 Å². The zero-order chi connectivity index (χ0) is 38.8. The monoisotopic (exact) mass is 897 g/mol. The van der Waals surface area contributed by atoms with Crippen molar-refractivity contribution in [2.24, 2.45) is 0 Å². The molecule has 5 heteroatoms. The Hall–Kier alpha value is -5.45. The maximum Gasteiger partial charge on any atom is 0.0774 e. The SMILES string of the molecule is Cc1cc(-c2ccccc2)c(-n2c(-c3[c-]sc4ccc(C(C)C)cc34)nc3ccccc32)c(-c2ccccc2)c1.[2H]C([2H])([2H])c1ccc(-c2[c-]cccc2)nc1.[Ir]. The first-order valence-corrected chi connectivity index (χ1v) is 18.6. The van der Waals surface area contributed by atoms with Crippen LogP contribution in [0.1, 0.15) is 40.6 Å². The number of pyridine rings is 1. The van der Waals surface area contributed by atoms with Crippen molar-refractivity contribution in [2.45, 2.75) is 33.5 Å². The summed E-state index contributed by atoms with van der Waals surface area (Å²) in [6.45, 7) is 4.59. The average molecular weight is 897 g/mol. The van der Waals surface area contributed by atoms with Gasteiger partial charge in [-0.1, -0.05) is 132 Å². The van der Waals surface area contributed by atoms with E-state index in [0.717, 1.165) is 39.4 Å². The minimum absolute atomic E-state index is 0. The molecule has 0 saturated heterocycles. The molecule has 3 nitrogen and oxygen atoms in total. The topological polar surface area (TPSA) is 30.7 Å². The van der Waals surface area contributed by atoms with Crippen LogP contribution in [-0.2, 0) is 20.1 Å². The summed E-state index contributed by atoms with van der Waals surface area (Å²) in [5.41, 5.74) is 13.4. The van der Waals surface area contributed by atoms with Crippen molar-refractivity contribution < 1.29 is 24.2 Å². The summed E-state index contributed by atoms with van der Waals surface area (Å²) in [6, 6.07) is 55.1. The van der Waals surface area contributed by atoms with E-state index in [2.05, 4.69) is 157 Å². The van der Waals surface area contributed by atoms with Crippen molar-refractivity contribution in [3.63, 3.8) is 0 Å². The van der Waals surface area contributed by atoms with Gasteiger partial charge in [0, 0.05) is 41.5 Å². The quantitative estimate of drug-likeness (QED) is 0.156. The van der Waals surface area contributed by atoms with Gasteiger partial charge in [0.15, 0.2) is 0 Å². The van der Waals surface area contributed by atoms with Gasteiger partial charge in [-0.3, -0.25) is 16.3 Å². The molecule has 9 rings (SSSR count). The largest absolute Gasteiger partial charge is 0.332 e. The molecule has 0 aliphatic rings. The van der Waals surface area contributed by atoms with Crippen LogP contribution in [0, 0.1) is 25.2 Å². The number of thiophene rings is 1. The number of para-hydroxylation sites is 2. The first-order valence-electron chi connectivity index (χ1n) is 19.3. The second-order valence-electron chi connectivity index (χ2n) is 13.4. The van der Waals surface area contributed by atoms with Gasteiger partial charge < -0.3 is 9.55 Å². The minimum atomic E-state index is -2.09. The van der Waals surface area contributed by atoms with Gasteiger partial charge in [-0.15, -0.1) is 47.3 Å². The predicted molar refractivity (Wildman–Crippen MR) is 224 cm³/mol. The summed E-state index contributed by atoms with van der Waals surface area (Å²) in [7, 11) is 0. The van der Waals surface area contributed by atoms with E-state index in [9.17, 15) is 0 Å². The van der Waals surface area contributed by atoms with Crippen LogP contribution in [0.3, 0.4) is 0 Å². The Morgan fingerprint density at radius 3 is 2.04 bits per heavy atom. The average Bonchev–Trinajstić information content (AvgIpc) is 3.83. The zero-order valence-corrected chi connectivity index (χ0v) is 33.4. The number of aryl methyl sites for hydroxylation is 2. The minimum Gasteiger partial charge on any atom is -0.332 e. The van der Waals surface area contributed by atoms with Crippen LogP contribution in [0.15, 0.2) is 158 Å². The van der Waals surface area contributed by atoms with Gasteiger partial charge in [0.1, 0.15) is 0 Å². The molecule has 0 N–H and O–H groups in total. The molecule has 267 valence electrons. The third-order valence-corrected chi connectivity index (χ3v) is 10.3. The van der Waals surface area contributed by atoms with Crippen molar-refractivity contribution in [1.29, 1.82) is 0 Å². The second-order valence-corrected chi connectivity index (χ2v) is 14.2. The van der Waals surface area contributed by atoms with Crippen LogP contribution in [0.2, 0.25) is 0 Å². The maximum atomic E-state index is 7.23. The van der Waals surface area contributed by atoms with E-state index in [1.807, 2.05) is 18.2 Å². The van der Waals surface area contributed by atoms with Crippen LogP contribution in [-0.4, -0.2) is 14.5 Å². The number of benzene rings is 6. The van der Waals surface area contributed by atoms with Gasteiger partial charge >= 0.3 is 0 Å². The van der Waals surface area contributed by atoms with E-state index < -0.39 is 6.85 Å². The van der Waals surface area contributed by atoms with Crippen molar-refractivity contribution in [3.8, 4) is 50.6 Å². The summed E-state index contributed by atoms with van der Waals surface area (Å²) >= 11 is 1.67. The van der Waals surface area contributed by atoms with Gasteiger partial charge in [-0.2, -0.15) is 0 Å². The van der Waals surface area contributed by atoms with E-state index in [-0.39, 0.29) is 25.7 Å². The molecule has 0 aliphatic heterocycles. The van der Waals surface area contributed by atoms with E-state index in [0.29, 0.717) is 5.92 Å². The number of fused-ring (bicyclic) bond motifs is 2. The maximum absolute atomic E-state index is 7.23. The van der Waals surface area contributed by atoms with E-state index in [1.54, 1.807) is 29.5 Å². The molecule has 3 heterocycles. The first kappa shape index (κ1) is 33.1. The molecule has 0 aliphatic carbocycles. The van der Waals surface area contributed by atoms with Gasteiger partial charge in [-0.05, 0) is 71.9 Å². The molecule has 3 aromatic heterocycles. The fourth-order valence-corrected chi connectivity index (χ4v) is 7.56. The Kier molecular flexibility index (Phi) is 9.99. The molecule has 54 heavy (non-hydrogen) atoms. The number of rotatable bonds is 6. The molecule has 1 radical (unpaired) electrons. The fraction of sp³-hybridized carbons (Fsp3) is 0.102. The number of hydrogen-bond acceptors (Lipinski definition) is 3. The van der Waals surface area contributed by atoms with Crippen molar-refractivity contribution in [3.05, 3.63) is 186 Å². The van der Waals surface area contributed by atoms with Gasteiger partial charge in [0.05, 0.1) is 22.5 Å². The molecular formula is C49H39IrN3S-2. The molecule has 9 aromatic rings. The summed E-state index contributed by atoms with van der Waals surface area (Å²) < 4.78 is 25.3. The summed E-state index contributed by atoms with van der Waals surface area (Å²) in [6.07, 6.45) is 1.39. The van der Waals surface area contributed by atoms with Crippen molar-refractivity contribution in [2.75, 3.05) is 0 Å². The second kappa shape index (κ2) is 16.3. The molecule has 0 bridgehead atoms. The Bertz CT molecular complexity index is 2700. The molecule has 0 fully saturated rings. The van der Waals surface area contributed by atoms with Gasteiger partial charge in [0.2, 0.25) is 0 Å². The number of imidazole rings is 1.